The van der Waals surface area contributed by atoms with Crippen LogP contribution in [0.25, 0.3) is 0 Å². The molecule has 0 aromatic rings. The average molecular weight is 217 g/mol. The Morgan fingerprint density at radius 1 is 1.40 bits per heavy atom. The van der Waals surface area contributed by atoms with Gasteiger partial charge in [-0.15, -0.1) is 0 Å². The lowest BCUT2D eigenvalue weighted by atomic mass is 10.1. The summed E-state index contributed by atoms with van der Waals surface area (Å²) in [6, 6.07) is 0.363. The van der Waals surface area contributed by atoms with Crippen LogP contribution < -0.4 is 5.32 Å². The van der Waals surface area contributed by atoms with Gasteiger partial charge < -0.3 is 14.8 Å². The molecule has 0 aromatic heterocycles. The lowest BCUT2D eigenvalue weighted by Crippen LogP contribution is -2.34. The van der Waals surface area contributed by atoms with Crippen molar-refractivity contribution in [1.29, 1.82) is 0 Å². The maximum atomic E-state index is 11.3. The first-order valence-corrected chi connectivity index (χ1v) is 5.50. The van der Waals surface area contributed by atoms with Gasteiger partial charge >= 0.3 is 5.97 Å². The van der Waals surface area contributed by atoms with Crippen molar-refractivity contribution in [3.05, 3.63) is 0 Å². The number of ether oxygens (including phenoxy) is 2. The molecule has 0 heterocycles. The molecule has 0 saturated carbocycles. The van der Waals surface area contributed by atoms with E-state index in [2.05, 4.69) is 12.2 Å². The summed E-state index contributed by atoms with van der Waals surface area (Å²) in [6.07, 6.45) is 0.950. The fourth-order valence-corrected chi connectivity index (χ4v) is 1.14. The van der Waals surface area contributed by atoms with Crippen molar-refractivity contribution in [1.82, 2.24) is 5.32 Å². The maximum absolute atomic E-state index is 11.3. The Kier molecular flexibility index (Phi) is 8.33. The quantitative estimate of drug-likeness (QED) is 0.621. The lowest BCUT2D eigenvalue weighted by molar-refractivity contribution is -0.147. The summed E-state index contributed by atoms with van der Waals surface area (Å²) in [6.45, 7) is 7.61. The van der Waals surface area contributed by atoms with E-state index in [1.807, 2.05) is 13.8 Å². The highest BCUT2D eigenvalue weighted by Gasteiger charge is 2.14. The molecule has 4 heteroatoms. The minimum atomic E-state index is -0.135. The molecular formula is C11H23NO3. The summed E-state index contributed by atoms with van der Waals surface area (Å²) < 4.78 is 9.89. The van der Waals surface area contributed by atoms with Crippen molar-refractivity contribution in [2.45, 2.75) is 33.2 Å². The third-order valence-corrected chi connectivity index (χ3v) is 2.22. The van der Waals surface area contributed by atoms with Crippen LogP contribution in [0.2, 0.25) is 0 Å². The number of hydrogen-bond donors (Lipinski definition) is 1. The van der Waals surface area contributed by atoms with Crippen molar-refractivity contribution in [2.75, 3.05) is 26.9 Å². The van der Waals surface area contributed by atoms with Gasteiger partial charge in [-0.3, -0.25) is 4.79 Å². The van der Waals surface area contributed by atoms with Crippen molar-refractivity contribution in [3.63, 3.8) is 0 Å². The fourth-order valence-electron chi connectivity index (χ4n) is 1.14. The highest BCUT2D eigenvalue weighted by atomic mass is 16.5. The number of esters is 1. The zero-order valence-corrected chi connectivity index (χ0v) is 10.2. The largest absolute Gasteiger partial charge is 0.466 e. The van der Waals surface area contributed by atoms with Crippen LogP contribution in [0.15, 0.2) is 0 Å². The van der Waals surface area contributed by atoms with Crippen LogP contribution in [0.5, 0.6) is 0 Å². The first kappa shape index (κ1) is 14.4. The van der Waals surface area contributed by atoms with Crippen LogP contribution in [-0.2, 0) is 14.3 Å². The van der Waals surface area contributed by atoms with Crippen LogP contribution in [0.1, 0.15) is 27.2 Å². The van der Waals surface area contributed by atoms with E-state index in [0.29, 0.717) is 19.2 Å². The third-order valence-electron chi connectivity index (χ3n) is 2.22. The molecule has 0 rings (SSSR count). The molecule has 0 saturated heterocycles. The molecule has 90 valence electrons. The van der Waals surface area contributed by atoms with Gasteiger partial charge in [-0.2, -0.15) is 0 Å². The Morgan fingerprint density at radius 3 is 2.60 bits per heavy atom. The second kappa shape index (κ2) is 8.68. The summed E-state index contributed by atoms with van der Waals surface area (Å²) in [7, 11) is 1.69. The normalized spacial score (nSPS) is 14.7. The third kappa shape index (κ3) is 7.33. The Hall–Kier alpha value is -0.610. The van der Waals surface area contributed by atoms with Crippen LogP contribution in [0.3, 0.4) is 0 Å². The Labute approximate surface area is 92.3 Å². The van der Waals surface area contributed by atoms with Crippen LogP contribution >= 0.6 is 0 Å². The monoisotopic (exact) mass is 217 g/mol. The minimum absolute atomic E-state index is 0.0880. The van der Waals surface area contributed by atoms with Gasteiger partial charge in [0.2, 0.25) is 0 Å². The van der Waals surface area contributed by atoms with Crippen molar-refractivity contribution in [3.8, 4) is 0 Å². The zero-order chi connectivity index (χ0) is 11.7. The highest BCUT2D eigenvalue weighted by Crippen LogP contribution is 1.99. The van der Waals surface area contributed by atoms with Crippen molar-refractivity contribution in [2.24, 2.45) is 5.92 Å². The molecule has 2 unspecified atom stereocenters. The molecule has 0 radical (unpaired) electrons. The van der Waals surface area contributed by atoms with Crippen LogP contribution in [0, 0.1) is 5.92 Å². The van der Waals surface area contributed by atoms with E-state index in [1.54, 1.807) is 7.11 Å². The summed E-state index contributed by atoms with van der Waals surface area (Å²) in [5.74, 6) is -0.223. The van der Waals surface area contributed by atoms with Crippen molar-refractivity contribution < 1.29 is 14.3 Å². The molecule has 1 N–H and O–H groups in total. The van der Waals surface area contributed by atoms with Gasteiger partial charge in [0.05, 0.1) is 12.5 Å². The smallest absolute Gasteiger partial charge is 0.309 e. The van der Waals surface area contributed by atoms with Gasteiger partial charge in [0.25, 0.3) is 0 Å². The van der Waals surface area contributed by atoms with Gasteiger partial charge in [0, 0.05) is 26.3 Å². The van der Waals surface area contributed by atoms with E-state index in [4.69, 9.17) is 9.47 Å². The Morgan fingerprint density at radius 2 is 2.07 bits per heavy atom. The lowest BCUT2D eigenvalue weighted by Gasteiger charge is -2.16. The van der Waals surface area contributed by atoms with E-state index in [0.717, 1.165) is 13.0 Å². The summed E-state index contributed by atoms with van der Waals surface area (Å²) in [5.41, 5.74) is 0. The second-order valence-electron chi connectivity index (χ2n) is 3.74. The first-order chi connectivity index (χ1) is 7.11. The van der Waals surface area contributed by atoms with Gasteiger partial charge in [0.15, 0.2) is 0 Å². The van der Waals surface area contributed by atoms with Gasteiger partial charge in [-0.25, -0.2) is 0 Å². The number of carbonyl (C=O) groups excluding carboxylic acids is 1. The molecule has 15 heavy (non-hydrogen) atoms. The van der Waals surface area contributed by atoms with E-state index in [9.17, 15) is 4.79 Å². The fraction of sp³-hybridized carbons (Fsp3) is 0.909. The SMILES string of the molecule is CCOC(=O)C(C)CNC(C)CCOC. The van der Waals surface area contributed by atoms with Crippen LogP contribution in [-0.4, -0.2) is 38.9 Å². The van der Waals surface area contributed by atoms with E-state index < -0.39 is 0 Å². The molecule has 0 aromatic carbocycles. The van der Waals surface area contributed by atoms with E-state index >= 15 is 0 Å². The average Bonchev–Trinajstić information content (AvgIpc) is 2.23. The molecule has 0 bridgehead atoms. The number of methoxy groups -OCH3 is 1. The zero-order valence-electron chi connectivity index (χ0n) is 10.2. The Balaban J connectivity index is 3.60. The number of nitrogens with one attached hydrogen (secondary N) is 1. The van der Waals surface area contributed by atoms with Gasteiger partial charge in [0.1, 0.15) is 0 Å². The molecule has 0 aliphatic rings. The first-order valence-electron chi connectivity index (χ1n) is 5.50. The van der Waals surface area contributed by atoms with Gasteiger partial charge in [-0.1, -0.05) is 6.92 Å². The molecule has 2 atom stereocenters. The maximum Gasteiger partial charge on any atom is 0.309 e. The molecule has 0 aliphatic carbocycles. The molecular weight excluding hydrogens is 194 g/mol. The molecule has 4 nitrogen and oxygen atoms in total. The number of carbonyl (C=O) groups is 1. The number of hydrogen-bond acceptors (Lipinski definition) is 4. The predicted molar refractivity (Wildman–Crippen MR) is 59.8 cm³/mol. The molecule has 0 fully saturated rings. The van der Waals surface area contributed by atoms with Crippen molar-refractivity contribution >= 4 is 5.97 Å². The van der Waals surface area contributed by atoms with Gasteiger partial charge in [-0.05, 0) is 20.3 Å². The Bertz CT molecular complexity index is 173. The second-order valence-corrected chi connectivity index (χ2v) is 3.74. The summed E-state index contributed by atoms with van der Waals surface area (Å²) in [5, 5.41) is 3.28. The highest BCUT2D eigenvalue weighted by molar-refractivity contribution is 5.72. The summed E-state index contributed by atoms with van der Waals surface area (Å²) in [4.78, 5) is 11.3. The minimum Gasteiger partial charge on any atom is -0.466 e. The number of rotatable bonds is 8. The molecule has 0 aliphatic heterocycles. The molecule has 0 spiro atoms. The molecule has 0 amide bonds. The van der Waals surface area contributed by atoms with E-state index in [1.165, 1.54) is 0 Å². The standard InChI is InChI=1S/C11H23NO3/c1-5-15-11(13)9(2)8-12-10(3)6-7-14-4/h9-10,12H,5-8H2,1-4H3. The topological polar surface area (TPSA) is 47.6 Å². The van der Waals surface area contributed by atoms with Crippen LogP contribution in [0.4, 0.5) is 0 Å². The van der Waals surface area contributed by atoms with E-state index in [-0.39, 0.29) is 11.9 Å². The predicted octanol–water partition coefficient (Wildman–Crippen LogP) is 1.20. The summed E-state index contributed by atoms with van der Waals surface area (Å²) >= 11 is 0.